The van der Waals surface area contributed by atoms with Crippen molar-refractivity contribution in [1.82, 2.24) is 0 Å². The highest BCUT2D eigenvalue weighted by Crippen LogP contribution is 2.16. The van der Waals surface area contributed by atoms with Crippen LogP contribution in [-0.2, 0) is 4.74 Å². The predicted octanol–water partition coefficient (Wildman–Crippen LogP) is 1.86. The molecule has 1 aromatic carbocycles. The van der Waals surface area contributed by atoms with Crippen LogP contribution in [0.2, 0.25) is 0 Å². The van der Waals surface area contributed by atoms with Crippen LogP contribution < -0.4 is 5.73 Å². The van der Waals surface area contributed by atoms with E-state index in [4.69, 9.17) is 10.5 Å². The zero-order valence-electron chi connectivity index (χ0n) is 7.83. The molecule has 2 unspecified atom stereocenters. The highest BCUT2D eigenvalue weighted by Gasteiger charge is 2.13. The van der Waals surface area contributed by atoms with Crippen LogP contribution in [-0.4, -0.2) is 13.2 Å². The summed E-state index contributed by atoms with van der Waals surface area (Å²) in [6, 6.07) is 5.95. The first-order valence-corrected chi connectivity index (χ1v) is 4.19. The van der Waals surface area contributed by atoms with E-state index in [2.05, 4.69) is 0 Å². The molecule has 0 aromatic heterocycles. The number of benzene rings is 1. The van der Waals surface area contributed by atoms with Gasteiger partial charge in [0, 0.05) is 7.11 Å². The van der Waals surface area contributed by atoms with Crippen molar-refractivity contribution >= 4 is 0 Å². The van der Waals surface area contributed by atoms with Gasteiger partial charge in [0.25, 0.3) is 0 Å². The number of ether oxygens (including phenoxy) is 1. The number of nitrogens with two attached hydrogens (primary N) is 1. The van der Waals surface area contributed by atoms with Crippen molar-refractivity contribution in [2.75, 3.05) is 7.11 Å². The van der Waals surface area contributed by atoms with Gasteiger partial charge in [-0.2, -0.15) is 0 Å². The molecule has 2 atom stereocenters. The highest BCUT2D eigenvalue weighted by atomic mass is 19.1. The maximum atomic E-state index is 12.6. The Morgan fingerprint density at radius 2 is 1.85 bits per heavy atom. The van der Waals surface area contributed by atoms with Gasteiger partial charge in [-0.1, -0.05) is 12.1 Å². The number of hydrogen-bond donors (Lipinski definition) is 1. The lowest BCUT2D eigenvalue weighted by molar-refractivity contribution is 0.0956. The summed E-state index contributed by atoms with van der Waals surface area (Å²) >= 11 is 0. The van der Waals surface area contributed by atoms with Gasteiger partial charge in [-0.3, -0.25) is 0 Å². The third-order valence-corrected chi connectivity index (χ3v) is 2.13. The summed E-state index contributed by atoms with van der Waals surface area (Å²) in [5.74, 6) is -0.249. The maximum Gasteiger partial charge on any atom is 0.123 e. The molecule has 1 aromatic rings. The predicted molar refractivity (Wildman–Crippen MR) is 49.8 cm³/mol. The molecule has 0 radical (unpaired) electrons. The summed E-state index contributed by atoms with van der Waals surface area (Å²) in [5, 5.41) is 0. The standard InChI is InChI=1S/C10H14FNO/c1-7(13-2)10(12)8-3-5-9(11)6-4-8/h3-7,10H,12H2,1-2H3. The second-order valence-corrected chi connectivity index (χ2v) is 3.02. The molecule has 0 aliphatic carbocycles. The molecule has 2 nitrogen and oxygen atoms in total. The van der Waals surface area contributed by atoms with Crippen LogP contribution in [0.1, 0.15) is 18.5 Å². The Labute approximate surface area is 77.5 Å². The largest absolute Gasteiger partial charge is 0.380 e. The van der Waals surface area contributed by atoms with E-state index in [1.54, 1.807) is 19.2 Å². The number of halogens is 1. The molecule has 0 aliphatic heterocycles. The van der Waals surface area contributed by atoms with Gasteiger partial charge in [-0.15, -0.1) is 0 Å². The van der Waals surface area contributed by atoms with E-state index in [1.165, 1.54) is 12.1 Å². The Balaban J connectivity index is 2.77. The van der Waals surface area contributed by atoms with Crippen molar-refractivity contribution in [2.24, 2.45) is 5.73 Å². The lowest BCUT2D eigenvalue weighted by Crippen LogP contribution is -2.25. The van der Waals surface area contributed by atoms with Crippen molar-refractivity contribution in [3.05, 3.63) is 35.6 Å². The van der Waals surface area contributed by atoms with Gasteiger partial charge >= 0.3 is 0 Å². The quantitative estimate of drug-likeness (QED) is 0.776. The second-order valence-electron chi connectivity index (χ2n) is 3.02. The molecule has 2 N–H and O–H groups in total. The van der Waals surface area contributed by atoms with Crippen molar-refractivity contribution < 1.29 is 9.13 Å². The Kier molecular flexibility index (Phi) is 3.39. The van der Waals surface area contributed by atoms with E-state index in [-0.39, 0.29) is 18.0 Å². The van der Waals surface area contributed by atoms with Crippen molar-refractivity contribution in [3.8, 4) is 0 Å². The van der Waals surface area contributed by atoms with Crippen LogP contribution >= 0.6 is 0 Å². The first kappa shape index (κ1) is 10.2. The molecule has 1 rings (SSSR count). The number of hydrogen-bond acceptors (Lipinski definition) is 2. The van der Waals surface area contributed by atoms with E-state index < -0.39 is 0 Å². The molecule has 0 saturated carbocycles. The van der Waals surface area contributed by atoms with Crippen molar-refractivity contribution in [2.45, 2.75) is 19.1 Å². The molecule has 13 heavy (non-hydrogen) atoms. The van der Waals surface area contributed by atoms with Crippen molar-refractivity contribution in [3.63, 3.8) is 0 Å². The summed E-state index contributed by atoms with van der Waals surface area (Å²) < 4.78 is 17.6. The fourth-order valence-corrected chi connectivity index (χ4v) is 1.10. The lowest BCUT2D eigenvalue weighted by atomic mass is 10.0. The number of methoxy groups -OCH3 is 1. The minimum atomic E-state index is -0.249. The Morgan fingerprint density at radius 3 is 2.31 bits per heavy atom. The van der Waals surface area contributed by atoms with Gasteiger partial charge in [0.2, 0.25) is 0 Å². The van der Waals surface area contributed by atoms with E-state index in [0.29, 0.717) is 0 Å². The first-order chi connectivity index (χ1) is 6.15. The molecule has 0 spiro atoms. The maximum absolute atomic E-state index is 12.6. The van der Waals surface area contributed by atoms with Gasteiger partial charge in [0.1, 0.15) is 5.82 Å². The fourth-order valence-electron chi connectivity index (χ4n) is 1.10. The van der Waals surface area contributed by atoms with Crippen LogP contribution in [0.4, 0.5) is 4.39 Å². The van der Waals surface area contributed by atoms with E-state index in [9.17, 15) is 4.39 Å². The molecule has 72 valence electrons. The van der Waals surface area contributed by atoms with Gasteiger partial charge in [-0.25, -0.2) is 4.39 Å². The fraction of sp³-hybridized carbons (Fsp3) is 0.400. The summed E-state index contributed by atoms with van der Waals surface area (Å²) in [7, 11) is 1.61. The van der Waals surface area contributed by atoms with Gasteiger partial charge in [0.05, 0.1) is 12.1 Å². The molecule has 3 heteroatoms. The first-order valence-electron chi connectivity index (χ1n) is 4.19. The van der Waals surface area contributed by atoms with Crippen LogP contribution in [0, 0.1) is 5.82 Å². The van der Waals surface area contributed by atoms with E-state index in [0.717, 1.165) is 5.56 Å². The summed E-state index contributed by atoms with van der Waals surface area (Å²) in [6.45, 7) is 1.88. The minimum Gasteiger partial charge on any atom is -0.380 e. The second kappa shape index (κ2) is 4.35. The summed E-state index contributed by atoms with van der Waals surface area (Å²) in [4.78, 5) is 0. The molecular formula is C10H14FNO. The SMILES string of the molecule is COC(C)C(N)c1ccc(F)cc1. The molecule has 0 heterocycles. The van der Waals surface area contributed by atoms with Crippen LogP contribution in [0.5, 0.6) is 0 Å². The third kappa shape index (κ3) is 2.50. The average Bonchev–Trinajstić information content (AvgIpc) is 2.17. The van der Waals surface area contributed by atoms with E-state index in [1.807, 2.05) is 6.92 Å². The van der Waals surface area contributed by atoms with Crippen LogP contribution in [0.15, 0.2) is 24.3 Å². The molecule has 0 saturated heterocycles. The third-order valence-electron chi connectivity index (χ3n) is 2.13. The summed E-state index contributed by atoms with van der Waals surface area (Å²) in [6.07, 6.45) is -0.0644. The monoisotopic (exact) mass is 183 g/mol. The molecule has 0 aliphatic rings. The molecular weight excluding hydrogens is 169 g/mol. The zero-order chi connectivity index (χ0) is 9.84. The normalized spacial score (nSPS) is 15.4. The van der Waals surface area contributed by atoms with Crippen LogP contribution in [0.25, 0.3) is 0 Å². The minimum absolute atomic E-state index is 0.0644. The summed E-state index contributed by atoms with van der Waals surface area (Å²) in [5.41, 5.74) is 6.74. The van der Waals surface area contributed by atoms with Crippen molar-refractivity contribution in [1.29, 1.82) is 0 Å². The molecule has 0 bridgehead atoms. The Morgan fingerprint density at radius 1 is 1.31 bits per heavy atom. The van der Waals surface area contributed by atoms with Gasteiger partial charge in [-0.05, 0) is 24.6 Å². The zero-order valence-corrected chi connectivity index (χ0v) is 7.83. The highest BCUT2D eigenvalue weighted by molar-refractivity contribution is 5.20. The average molecular weight is 183 g/mol. The molecule has 0 fully saturated rings. The molecule has 0 amide bonds. The topological polar surface area (TPSA) is 35.2 Å². The van der Waals surface area contributed by atoms with Gasteiger partial charge in [0.15, 0.2) is 0 Å². The van der Waals surface area contributed by atoms with E-state index >= 15 is 0 Å². The number of rotatable bonds is 3. The smallest absolute Gasteiger partial charge is 0.123 e. The Hall–Kier alpha value is -0.930. The van der Waals surface area contributed by atoms with Crippen LogP contribution in [0.3, 0.4) is 0 Å². The Bertz CT molecular complexity index is 260. The van der Waals surface area contributed by atoms with Gasteiger partial charge < -0.3 is 10.5 Å². The lowest BCUT2D eigenvalue weighted by Gasteiger charge is -2.18.